The van der Waals surface area contributed by atoms with E-state index >= 15 is 0 Å². The molecule has 0 bridgehead atoms. The molecule has 1 N–H and O–H groups in total. The van der Waals surface area contributed by atoms with Crippen molar-refractivity contribution in [2.75, 3.05) is 0 Å². The Hall–Kier alpha value is -1.68. The van der Waals surface area contributed by atoms with Gasteiger partial charge in [0.2, 0.25) is 0 Å². The number of pyridine rings is 1. The lowest BCUT2D eigenvalue weighted by molar-refractivity contribution is 0.0924. The molecule has 1 heterocycles. The van der Waals surface area contributed by atoms with E-state index in [0.29, 0.717) is 5.56 Å². The first kappa shape index (κ1) is 14.7. The number of nitrogens with zero attached hydrogens (tertiary/aromatic N) is 1. The van der Waals surface area contributed by atoms with Gasteiger partial charge in [0.25, 0.3) is 5.91 Å². The molecule has 1 aromatic heterocycles. The number of benzene rings is 1. The fourth-order valence-corrected chi connectivity index (χ4v) is 2.23. The van der Waals surface area contributed by atoms with Crippen molar-refractivity contribution in [3.05, 3.63) is 64.4 Å². The molecule has 1 atom stereocenters. The third-order valence-electron chi connectivity index (χ3n) is 3.07. The summed E-state index contributed by atoms with van der Waals surface area (Å²) in [6.07, 6.45) is 1.75. The van der Waals surface area contributed by atoms with E-state index in [9.17, 15) is 4.79 Å². The number of rotatable bonds is 4. The standard InChI is InChI=1S/C16H17BrN2O/c1-11(2)15(14-5-3-4-10-18-14)19-16(20)12-6-8-13(17)9-7-12/h3-11,15H,1-2H3,(H,19,20). The molecule has 0 aliphatic rings. The molecule has 2 rings (SSSR count). The smallest absolute Gasteiger partial charge is 0.251 e. The van der Waals surface area contributed by atoms with Crippen LogP contribution in [0.3, 0.4) is 0 Å². The lowest BCUT2D eigenvalue weighted by Crippen LogP contribution is -2.32. The summed E-state index contributed by atoms with van der Waals surface area (Å²) in [5.74, 6) is 0.186. The molecule has 0 aliphatic carbocycles. The van der Waals surface area contributed by atoms with Gasteiger partial charge in [0.1, 0.15) is 0 Å². The van der Waals surface area contributed by atoms with E-state index in [1.165, 1.54) is 0 Å². The highest BCUT2D eigenvalue weighted by atomic mass is 79.9. The second-order valence-electron chi connectivity index (χ2n) is 4.96. The lowest BCUT2D eigenvalue weighted by Gasteiger charge is -2.22. The summed E-state index contributed by atoms with van der Waals surface area (Å²) >= 11 is 3.36. The SMILES string of the molecule is CC(C)C(NC(=O)c1ccc(Br)cc1)c1ccccn1. The van der Waals surface area contributed by atoms with Gasteiger partial charge in [0, 0.05) is 16.2 Å². The Bertz CT molecular complexity index is 567. The first-order valence-corrected chi connectivity index (χ1v) is 7.34. The molecule has 104 valence electrons. The van der Waals surface area contributed by atoms with Gasteiger partial charge in [-0.05, 0) is 42.3 Å². The summed E-state index contributed by atoms with van der Waals surface area (Å²) < 4.78 is 0.958. The Labute approximate surface area is 127 Å². The van der Waals surface area contributed by atoms with Crippen LogP contribution in [-0.4, -0.2) is 10.9 Å². The van der Waals surface area contributed by atoms with Crippen LogP contribution in [-0.2, 0) is 0 Å². The van der Waals surface area contributed by atoms with Crippen LogP contribution < -0.4 is 5.32 Å². The predicted octanol–water partition coefficient (Wildman–Crippen LogP) is 3.97. The van der Waals surface area contributed by atoms with Crippen LogP contribution in [0.15, 0.2) is 53.1 Å². The van der Waals surface area contributed by atoms with E-state index in [4.69, 9.17) is 0 Å². The van der Waals surface area contributed by atoms with Gasteiger partial charge in [0.05, 0.1) is 11.7 Å². The first-order valence-electron chi connectivity index (χ1n) is 6.55. The van der Waals surface area contributed by atoms with Crippen LogP contribution in [0.25, 0.3) is 0 Å². The van der Waals surface area contributed by atoms with Gasteiger partial charge in [-0.2, -0.15) is 0 Å². The molecule has 0 fully saturated rings. The monoisotopic (exact) mass is 332 g/mol. The van der Waals surface area contributed by atoms with Crippen LogP contribution in [0.4, 0.5) is 0 Å². The van der Waals surface area contributed by atoms with E-state index in [-0.39, 0.29) is 17.9 Å². The highest BCUT2D eigenvalue weighted by Crippen LogP contribution is 2.20. The largest absolute Gasteiger partial charge is 0.343 e. The summed E-state index contributed by atoms with van der Waals surface area (Å²) in [5.41, 5.74) is 1.53. The number of amides is 1. The molecule has 0 radical (unpaired) electrons. The fraction of sp³-hybridized carbons (Fsp3) is 0.250. The summed E-state index contributed by atoms with van der Waals surface area (Å²) in [5, 5.41) is 3.05. The number of carbonyl (C=O) groups excluding carboxylic acids is 1. The minimum atomic E-state index is -0.0904. The number of hydrogen-bond acceptors (Lipinski definition) is 2. The van der Waals surface area contributed by atoms with Crippen molar-refractivity contribution in [2.45, 2.75) is 19.9 Å². The third kappa shape index (κ3) is 3.67. The van der Waals surface area contributed by atoms with Gasteiger partial charge in [-0.1, -0.05) is 35.8 Å². The van der Waals surface area contributed by atoms with Crippen molar-refractivity contribution in [3.63, 3.8) is 0 Å². The number of aromatic nitrogens is 1. The summed E-state index contributed by atoms with van der Waals surface area (Å²) in [4.78, 5) is 16.6. The number of halogens is 1. The summed E-state index contributed by atoms with van der Waals surface area (Å²) in [6.45, 7) is 4.14. The van der Waals surface area contributed by atoms with Crippen molar-refractivity contribution in [3.8, 4) is 0 Å². The van der Waals surface area contributed by atoms with E-state index in [2.05, 4.69) is 40.1 Å². The summed E-state index contributed by atoms with van der Waals surface area (Å²) in [7, 11) is 0. The predicted molar refractivity (Wildman–Crippen MR) is 83.4 cm³/mol. The molecule has 0 saturated heterocycles. The van der Waals surface area contributed by atoms with Gasteiger partial charge >= 0.3 is 0 Å². The lowest BCUT2D eigenvalue weighted by atomic mass is 10.00. The Kier molecular flexibility index (Phi) is 4.90. The van der Waals surface area contributed by atoms with Crippen molar-refractivity contribution in [2.24, 2.45) is 5.92 Å². The van der Waals surface area contributed by atoms with Gasteiger partial charge < -0.3 is 5.32 Å². The van der Waals surface area contributed by atoms with Crippen molar-refractivity contribution < 1.29 is 4.79 Å². The second kappa shape index (κ2) is 6.66. The summed E-state index contributed by atoms with van der Waals surface area (Å²) in [6, 6.07) is 13.0. The van der Waals surface area contributed by atoms with E-state index in [1.54, 1.807) is 18.3 Å². The molecular weight excluding hydrogens is 316 g/mol. The number of hydrogen-bond donors (Lipinski definition) is 1. The van der Waals surface area contributed by atoms with E-state index in [1.807, 2.05) is 30.3 Å². The average Bonchev–Trinajstić information content (AvgIpc) is 2.46. The Balaban J connectivity index is 2.17. The molecular formula is C16H17BrN2O. The Morgan fingerprint density at radius 3 is 2.40 bits per heavy atom. The van der Waals surface area contributed by atoms with Crippen molar-refractivity contribution in [1.29, 1.82) is 0 Å². The zero-order valence-electron chi connectivity index (χ0n) is 11.5. The molecule has 0 saturated carbocycles. The molecule has 0 spiro atoms. The van der Waals surface area contributed by atoms with Gasteiger partial charge in [-0.3, -0.25) is 9.78 Å². The van der Waals surface area contributed by atoms with E-state index in [0.717, 1.165) is 10.2 Å². The molecule has 1 amide bonds. The van der Waals surface area contributed by atoms with Gasteiger partial charge in [-0.25, -0.2) is 0 Å². The fourth-order valence-electron chi connectivity index (χ4n) is 1.97. The average molecular weight is 333 g/mol. The molecule has 0 aliphatic heterocycles. The highest BCUT2D eigenvalue weighted by molar-refractivity contribution is 9.10. The van der Waals surface area contributed by atoms with Crippen LogP contribution in [0, 0.1) is 5.92 Å². The normalized spacial score (nSPS) is 12.2. The quantitative estimate of drug-likeness (QED) is 0.920. The van der Waals surface area contributed by atoms with Crippen LogP contribution in [0.5, 0.6) is 0 Å². The molecule has 2 aromatic rings. The second-order valence-corrected chi connectivity index (χ2v) is 5.87. The molecule has 4 heteroatoms. The minimum Gasteiger partial charge on any atom is -0.343 e. The molecule has 1 unspecified atom stereocenters. The zero-order valence-corrected chi connectivity index (χ0v) is 13.1. The van der Waals surface area contributed by atoms with Crippen molar-refractivity contribution >= 4 is 21.8 Å². The van der Waals surface area contributed by atoms with E-state index < -0.39 is 0 Å². The maximum atomic E-state index is 12.3. The van der Waals surface area contributed by atoms with Crippen LogP contribution in [0.1, 0.15) is 35.9 Å². The van der Waals surface area contributed by atoms with Crippen LogP contribution >= 0.6 is 15.9 Å². The Morgan fingerprint density at radius 1 is 1.15 bits per heavy atom. The van der Waals surface area contributed by atoms with Crippen LogP contribution in [0.2, 0.25) is 0 Å². The van der Waals surface area contributed by atoms with Gasteiger partial charge in [0.15, 0.2) is 0 Å². The third-order valence-corrected chi connectivity index (χ3v) is 3.59. The molecule has 1 aromatic carbocycles. The maximum Gasteiger partial charge on any atom is 0.251 e. The maximum absolute atomic E-state index is 12.3. The minimum absolute atomic E-state index is 0.0816. The number of carbonyl (C=O) groups is 1. The van der Waals surface area contributed by atoms with Crippen molar-refractivity contribution in [1.82, 2.24) is 10.3 Å². The zero-order chi connectivity index (χ0) is 14.5. The number of nitrogens with one attached hydrogen (secondary N) is 1. The topological polar surface area (TPSA) is 42.0 Å². The highest BCUT2D eigenvalue weighted by Gasteiger charge is 2.19. The van der Waals surface area contributed by atoms with Gasteiger partial charge in [-0.15, -0.1) is 0 Å². The molecule has 3 nitrogen and oxygen atoms in total. The Morgan fingerprint density at radius 2 is 1.85 bits per heavy atom. The molecule has 20 heavy (non-hydrogen) atoms. The first-order chi connectivity index (χ1) is 9.58.